The predicted molar refractivity (Wildman–Crippen MR) is 155 cm³/mol. The lowest BCUT2D eigenvalue weighted by atomic mass is 9.75. The van der Waals surface area contributed by atoms with E-state index in [2.05, 4.69) is 25.3 Å². The van der Waals surface area contributed by atoms with Gasteiger partial charge in [0.25, 0.3) is 15.9 Å². The summed E-state index contributed by atoms with van der Waals surface area (Å²) in [6.45, 7) is 0. The fraction of sp³-hybridized carbons (Fsp3) is 0.345. The van der Waals surface area contributed by atoms with Gasteiger partial charge in [-0.15, -0.1) is 0 Å². The summed E-state index contributed by atoms with van der Waals surface area (Å²) in [5, 5.41) is 5.57. The van der Waals surface area contributed by atoms with Gasteiger partial charge in [-0.2, -0.15) is 9.97 Å². The monoisotopic (exact) mass is 609 g/mol. The summed E-state index contributed by atoms with van der Waals surface area (Å²) in [7, 11) is -1.30. The van der Waals surface area contributed by atoms with Gasteiger partial charge < -0.3 is 24.8 Å². The number of anilines is 3. The second-order valence-corrected chi connectivity index (χ2v) is 12.0. The number of sulfonamides is 1. The molecule has 13 nitrogen and oxygen atoms in total. The van der Waals surface area contributed by atoms with E-state index in [9.17, 15) is 22.8 Å². The van der Waals surface area contributed by atoms with Gasteiger partial charge in [0.05, 0.1) is 31.5 Å². The van der Waals surface area contributed by atoms with Crippen molar-refractivity contribution in [2.45, 2.75) is 49.0 Å². The molecule has 14 heteroatoms. The van der Waals surface area contributed by atoms with Crippen molar-refractivity contribution in [2.75, 3.05) is 29.6 Å². The Bertz CT molecular complexity index is 1600. The number of nitrogens with zero attached hydrogens (tertiary/aromatic N) is 2. The van der Waals surface area contributed by atoms with Crippen molar-refractivity contribution >= 4 is 45.0 Å². The van der Waals surface area contributed by atoms with Crippen molar-refractivity contribution in [1.82, 2.24) is 9.97 Å². The van der Waals surface area contributed by atoms with E-state index >= 15 is 0 Å². The Kier molecular flexibility index (Phi) is 8.48. The normalized spacial score (nSPS) is 17.5. The average molecular weight is 610 g/mol. The lowest BCUT2D eigenvalue weighted by Gasteiger charge is -2.36. The molecule has 2 aromatic carbocycles. The maximum Gasteiger partial charge on any atom is 0.321 e. The predicted octanol–water partition coefficient (Wildman–Crippen LogP) is 3.75. The SMILES string of the molecule is COc1cc(NS(=O)(=O)c2ccc(NC(=O)c3ccc(NC(=O)[C@H]4CC(=O)OC45CCCCC5)cc3)cc2)nc(OC)n1. The molecule has 2 aliphatic rings. The molecule has 2 fully saturated rings. The fourth-order valence-corrected chi connectivity index (χ4v) is 6.32. The number of hydrogen-bond acceptors (Lipinski definition) is 10. The summed E-state index contributed by atoms with van der Waals surface area (Å²) < 4.78 is 43.7. The van der Waals surface area contributed by atoms with Crippen molar-refractivity contribution in [2.24, 2.45) is 5.92 Å². The van der Waals surface area contributed by atoms with Crippen LogP contribution in [-0.4, -0.2) is 56.0 Å². The van der Waals surface area contributed by atoms with Crippen molar-refractivity contribution in [3.05, 3.63) is 60.2 Å². The summed E-state index contributed by atoms with van der Waals surface area (Å²) >= 11 is 0. The van der Waals surface area contributed by atoms with Crippen molar-refractivity contribution < 1.29 is 37.0 Å². The van der Waals surface area contributed by atoms with Gasteiger partial charge in [0.2, 0.25) is 11.8 Å². The highest BCUT2D eigenvalue weighted by atomic mass is 32.2. The van der Waals surface area contributed by atoms with Crippen molar-refractivity contribution in [3.63, 3.8) is 0 Å². The number of methoxy groups -OCH3 is 2. The minimum absolute atomic E-state index is 0.0423. The van der Waals surface area contributed by atoms with Gasteiger partial charge in [-0.1, -0.05) is 6.42 Å². The summed E-state index contributed by atoms with van der Waals surface area (Å²) in [6.07, 6.45) is 4.34. The number of benzene rings is 2. The van der Waals surface area contributed by atoms with E-state index in [1.165, 1.54) is 44.6 Å². The molecule has 2 heterocycles. The van der Waals surface area contributed by atoms with Crippen LogP contribution >= 0.6 is 0 Å². The van der Waals surface area contributed by atoms with E-state index < -0.39 is 27.4 Å². The van der Waals surface area contributed by atoms with Crippen LogP contribution < -0.4 is 24.8 Å². The van der Waals surface area contributed by atoms with Crippen LogP contribution in [0.25, 0.3) is 0 Å². The third-order valence-electron chi connectivity index (χ3n) is 7.49. The number of nitrogens with one attached hydrogen (secondary N) is 3. The van der Waals surface area contributed by atoms with Gasteiger partial charge in [-0.3, -0.25) is 19.1 Å². The smallest absolute Gasteiger partial charge is 0.321 e. The van der Waals surface area contributed by atoms with E-state index in [0.29, 0.717) is 29.8 Å². The molecule has 3 aromatic rings. The first kappa shape index (κ1) is 29.8. The molecule has 2 amide bonds. The third kappa shape index (κ3) is 6.69. The molecule has 3 N–H and O–H groups in total. The van der Waals surface area contributed by atoms with Gasteiger partial charge in [0.1, 0.15) is 5.60 Å². The molecule has 43 heavy (non-hydrogen) atoms. The van der Waals surface area contributed by atoms with Gasteiger partial charge in [0, 0.05) is 23.0 Å². The number of rotatable bonds is 9. The highest BCUT2D eigenvalue weighted by Gasteiger charge is 2.52. The Balaban J connectivity index is 1.19. The second-order valence-electron chi connectivity index (χ2n) is 10.3. The van der Waals surface area contributed by atoms with Crippen LogP contribution in [0.1, 0.15) is 48.9 Å². The molecule has 0 bridgehead atoms. The first-order valence-electron chi connectivity index (χ1n) is 13.6. The number of carbonyl (C=O) groups is 3. The maximum absolute atomic E-state index is 13.1. The minimum atomic E-state index is -4.02. The zero-order valence-corrected chi connectivity index (χ0v) is 24.4. The Labute approximate surface area is 248 Å². The number of ether oxygens (including phenoxy) is 3. The van der Waals surface area contributed by atoms with Crippen LogP contribution in [0, 0.1) is 5.92 Å². The molecule has 1 saturated carbocycles. The van der Waals surface area contributed by atoms with E-state index in [1.807, 2.05) is 0 Å². The van der Waals surface area contributed by atoms with E-state index in [4.69, 9.17) is 14.2 Å². The number of esters is 1. The summed E-state index contributed by atoms with van der Waals surface area (Å²) in [5.74, 6) is -1.51. The molecule has 1 spiro atoms. The van der Waals surface area contributed by atoms with Gasteiger partial charge >= 0.3 is 12.0 Å². The van der Waals surface area contributed by atoms with Crippen molar-refractivity contribution in [1.29, 1.82) is 0 Å². The molecule has 226 valence electrons. The largest absolute Gasteiger partial charge is 0.481 e. The van der Waals surface area contributed by atoms with Crippen LogP contribution in [0.4, 0.5) is 17.2 Å². The highest BCUT2D eigenvalue weighted by molar-refractivity contribution is 7.92. The highest BCUT2D eigenvalue weighted by Crippen LogP contribution is 2.44. The number of aromatic nitrogens is 2. The third-order valence-corrected chi connectivity index (χ3v) is 8.86. The van der Waals surface area contributed by atoms with Gasteiger partial charge in [0.15, 0.2) is 5.82 Å². The molecule has 1 saturated heterocycles. The minimum Gasteiger partial charge on any atom is -0.481 e. The van der Waals surface area contributed by atoms with Crippen LogP contribution in [0.5, 0.6) is 11.9 Å². The zero-order chi connectivity index (χ0) is 30.6. The standard InChI is InChI=1S/C29H31N5O8S/c1-40-24-17-23(32-28(33-24)41-2)34-43(38,39)21-12-10-20(11-13-21)30-26(36)18-6-8-19(9-7-18)31-27(37)22-16-25(35)42-29(22)14-4-3-5-15-29/h6-13,17,22H,3-5,14-16H2,1-2H3,(H,30,36)(H,31,37)(H,32,33,34)/t22-/m1/s1. The first-order valence-corrected chi connectivity index (χ1v) is 15.1. The summed E-state index contributed by atoms with van der Waals surface area (Å²) in [6, 6.07) is 13.2. The first-order chi connectivity index (χ1) is 20.6. The lowest BCUT2D eigenvalue weighted by Crippen LogP contribution is -2.43. The Morgan fingerprint density at radius 3 is 2.21 bits per heavy atom. The van der Waals surface area contributed by atoms with E-state index in [1.54, 1.807) is 24.3 Å². The van der Waals surface area contributed by atoms with Crippen molar-refractivity contribution in [3.8, 4) is 11.9 Å². The molecule has 1 atom stereocenters. The Hall–Kier alpha value is -4.72. The Morgan fingerprint density at radius 1 is 0.907 bits per heavy atom. The second kappa shape index (κ2) is 12.3. The zero-order valence-electron chi connectivity index (χ0n) is 23.6. The number of hydrogen-bond donors (Lipinski definition) is 3. The topological polar surface area (TPSA) is 175 Å². The number of carbonyl (C=O) groups excluding carboxylic acids is 3. The molecular weight excluding hydrogens is 578 g/mol. The lowest BCUT2D eigenvalue weighted by molar-refractivity contribution is -0.153. The summed E-state index contributed by atoms with van der Waals surface area (Å²) in [5.41, 5.74) is 0.468. The molecule has 0 unspecified atom stereocenters. The Morgan fingerprint density at radius 2 is 1.56 bits per heavy atom. The molecule has 0 radical (unpaired) electrons. The average Bonchev–Trinajstić information content (AvgIpc) is 3.32. The van der Waals surface area contributed by atoms with Gasteiger partial charge in [-0.05, 0) is 74.2 Å². The summed E-state index contributed by atoms with van der Waals surface area (Å²) in [4.78, 5) is 45.8. The fourth-order valence-electron chi connectivity index (χ4n) is 5.33. The van der Waals surface area contributed by atoms with E-state index in [-0.39, 0.29) is 40.9 Å². The van der Waals surface area contributed by atoms with Gasteiger partial charge in [-0.25, -0.2) is 8.42 Å². The van der Waals surface area contributed by atoms with Crippen LogP contribution in [0.2, 0.25) is 0 Å². The molecular formula is C29H31N5O8S. The van der Waals surface area contributed by atoms with Crippen LogP contribution in [-0.2, 0) is 24.3 Å². The van der Waals surface area contributed by atoms with Crippen LogP contribution in [0.15, 0.2) is 59.5 Å². The van der Waals surface area contributed by atoms with Crippen LogP contribution in [0.3, 0.4) is 0 Å². The molecule has 1 aromatic heterocycles. The number of amides is 2. The molecule has 1 aliphatic carbocycles. The molecule has 1 aliphatic heterocycles. The maximum atomic E-state index is 13.1. The molecule has 5 rings (SSSR count). The quantitative estimate of drug-likeness (QED) is 0.303. The van der Waals surface area contributed by atoms with E-state index in [0.717, 1.165) is 19.3 Å².